The Hall–Kier alpha value is -1.19. The van der Waals surface area contributed by atoms with Crippen molar-refractivity contribution in [1.29, 1.82) is 0 Å². The lowest BCUT2D eigenvalue weighted by Crippen LogP contribution is -2.32. The first-order valence-electron chi connectivity index (χ1n) is 5.11. The molecule has 19 heavy (non-hydrogen) atoms. The van der Waals surface area contributed by atoms with Crippen LogP contribution in [0.1, 0.15) is 5.56 Å². The van der Waals surface area contributed by atoms with E-state index in [2.05, 4.69) is 4.74 Å². The Labute approximate surface area is 105 Å². The average Bonchev–Trinajstić information content (AvgIpc) is 2.27. The highest BCUT2D eigenvalue weighted by Gasteiger charge is 2.40. The number of halogens is 5. The van der Waals surface area contributed by atoms with Crippen LogP contribution >= 0.6 is 0 Å². The van der Waals surface area contributed by atoms with E-state index >= 15 is 0 Å². The largest absolute Gasteiger partial charge is 0.488 e. The molecule has 0 saturated carbocycles. The van der Waals surface area contributed by atoms with Crippen LogP contribution in [0.4, 0.5) is 22.0 Å². The zero-order chi connectivity index (χ0) is 14.6. The molecule has 3 nitrogen and oxygen atoms in total. The van der Waals surface area contributed by atoms with Gasteiger partial charge in [0.2, 0.25) is 0 Å². The summed E-state index contributed by atoms with van der Waals surface area (Å²) < 4.78 is 66.1. The molecule has 0 spiro atoms. The molecule has 2 N–H and O–H groups in total. The maximum Gasteiger partial charge on any atom is 0.488 e. The first-order chi connectivity index (χ1) is 8.72. The van der Waals surface area contributed by atoms with Crippen molar-refractivity contribution in [2.45, 2.75) is 19.0 Å². The number of ether oxygens (including phenoxy) is 1. The molecule has 1 rings (SSSR count). The van der Waals surface area contributed by atoms with Gasteiger partial charge in [0.05, 0.1) is 6.61 Å². The molecule has 0 aliphatic carbocycles. The highest BCUT2D eigenvalue weighted by Crippen LogP contribution is 2.23. The van der Waals surface area contributed by atoms with Crippen LogP contribution in [0.3, 0.4) is 0 Å². The Balaban J connectivity index is 2.63. The SMILES string of the molecule is OB(O)c1cc(F)cc(COCC(F)(F)C(F)F)c1. The molecule has 0 atom stereocenters. The van der Waals surface area contributed by atoms with Crippen molar-refractivity contribution >= 4 is 12.6 Å². The molecule has 0 radical (unpaired) electrons. The molecule has 0 amide bonds. The van der Waals surface area contributed by atoms with Gasteiger partial charge in [-0.2, -0.15) is 8.78 Å². The van der Waals surface area contributed by atoms with Crippen molar-refractivity contribution < 1.29 is 36.7 Å². The predicted octanol–water partition coefficient (Wildman–Crippen LogP) is 0.922. The zero-order valence-electron chi connectivity index (χ0n) is 9.49. The third-order valence-corrected chi connectivity index (χ3v) is 2.16. The van der Waals surface area contributed by atoms with Crippen molar-refractivity contribution in [3.05, 3.63) is 29.6 Å². The van der Waals surface area contributed by atoms with Crippen molar-refractivity contribution in [2.75, 3.05) is 6.61 Å². The maximum absolute atomic E-state index is 13.0. The number of alkyl halides is 4. The molecule has 0 aromatic heterocycles. The van der Waals surface area contributed by atoms with Gasteiger partial charge in [-0.3, -0.25) is 0 Å². The second kappa shape index (κ2) is 6.31. The van der Waals surface area contributed by atoms with Crippen LogP contribution in [0.25, 0.3) is 0 Å². The summed E-state index contributed by atoms with van der Waals surface area (Å²) in [5.74, 6) is -5.11. The van der Waals surface area contributed by atoms with Gasteiger partial charge in [0.25, 0.3) is 0 Å². The Morgan fingerprint density at radius 2 is 1.84 bits per heavy atom. The van der Waals surface area contributed by atoms with E-state index in [1.54, 1.807) is 0 Å². The molecule has 1 aromatic rings. The molecule has 0 aliphatic rings. The normalized spacial score (nSPS) is 12.0. The summed E-state index contributed by atoms with van der Waals surface area (Å²) in [6.07, 6.45) is -3.85. The maximum atomic E-state index is 13.0. The van der Waals surface area contributed by atoms with Gasteiger partial charge in [0, 0.05) is 0 Å². The van der Waals surface area contributed by atoms with Gasteiger partial charge >= 0.3 is 19.5 Å². The fourth-order valence-corrected chi connectivity index (χ4v) is 1.28. The molecular weight excluding hydrogens is 274 g/mol. The quantitative estimate of drug-likeness (QED) is 0.603. The first kappa shape index (κ1) is 15.9. The van der Waals surface area contributed by atoms with E-state index < -0.39 is 38.5 Å². The van der Waals surface area contributed by atoms with Crippen LogP contribution < -0.4 is 5.46 Å². The lowest BCUT2D eigenvalue weighted by atomic mass is 9.79. The standard InChI is InChI=1S/C10H10BF5O3/c12-8-2-6(1-7(3-8)11(17)18)4-19-5-10(15,16)9(13)14/h1-3,9,17-18H,4-5H2. The van der Waals surface area contributed by atoms with Crippen LogP contribution in [0.15, 0.2) is 18.2 Å². The minimum Gasteiger partial charge on any atom is -0.423 e. The van der Waals surface area contributed by atoms with E-state index in [0.29, 0.717) is 0 Å². The third kappa shape index (κ3) is 4.77. The number of rotatable bonds is 6. The first-order valence-corrected chi connectivity index (χ1v) is 5.11. The molecule has 0 unspecified atom stereocenters. The number of hydrogen-bond acceptors (Lipinski definition) is 3. The van der Waals surface area contributed by atoms with E-state index in [0.717, 1.165) is 18.2 Å². The lowest BCUT2D eigenvalue weighted by molar-refractivity contribution is -0.168. The molecule has 0 aliphatic heterocycles. The summed E-state index contributed by atoms with van der Waals surface area (Å²) in [6.45, 7) is -2.07. The highest BCUT2D eigenvalue weighted by atomic mass is 19.3. The molecule has 106 valence electrons. The second-order valence-electron chi connectivity index (χ2n) is 3.82. The monoisotopic (exact) mass is 284 g/mol. The van der Waals surface area contributed by atoms with E-state index in [9.17, 15) is 22.0 Å². The smallest absolute Gasteiger partial charge is 0.423 e. The van der Waals surface area contributed by atoms with Crippen LogP contribution in [0.2, 0.25) is 0 Å². The van der Waals surface area contributed by atoms with Crippen molar-refractivity contribution in [3.8, 4) is 0 Å². The molecular formula is C10H10BF5O3. The predicted molar refractivity (Wildman–Crippen MR) is 56.8 cm³/mol. The van der Waals surface area contributed by atoms with Crippen molar-refractivity contribution in [3.63, 3.8) is 0 Å². The van der Waals surface area contributed by atoms with E-state index in [1.165, 1.54) is 0 Å². The molecule has 0 heterocycles. The fourth-order valence-electron chi connectivity index (χ4n) is 1.28. The Morgan fingerprint density at radius 3 is 2.37 bits per heavy atom. The lowest BCUT2D eigenvalue weighted by Gasteiger charge is -2.15. The van der Waals surface area contributed by atoms with Gasteiger partial charge in [-0.15, -0.1) is 0 Å². The fraction of sp³-hybridized carbons (Fsp3) is 0.400. The number of hydrogen-bond donors (Lipinski definition) is 2. The van der Waals surface area contributed by atoms with Crippen LogP contribution in [0.5, 0.6) is 0 Å². The molecule has 0 bridgehead atoms. The van der Waals surface area contributed by atoms with Gasteiger partial charge in [0.1, 0.15) is 12.4 Å². The van der Waals surface area contributed by atoms with Crippen LogP contribution in [-0.2, 0) is 11.3 Å². The zero-order valence-corrected chi connectivity index (χ0v) is 9.49. The van der Waals surface area contributed by atoms with Gasteiger partial charge in [-0.1, -0.05) is 6.07 Å². The van der Waals surface area contributed by atoms with E-state index in [4.69, 9.17) is 10.0 Å². The summed E-state index contributed by atoms with van der Waals surface area (Å²) in [5, 5.41) is 17.7. The van der Waals surface area contributed by atoms with E-state index in [-0.39, 0.29) is 11.0 Å². The van der Waals surface area contributed by atoms with Gasteiger partial charge in [-0.05, 0) is 23.2 Å². The van der Waals surface area contributed by atoms with Crippen molar-refractivity contribution in [2.24, 2.45) is 0 Å². The summed E-state index contributed by atoms with van der Waals surface area (Å²) in [6, 6.07) is 2.85. The molecule has 0 fully saturated rings. The minimum atomic E-state index is -4.29. The molecule has 1 aromatic carbocycles. The topological polar surface area (TPSA) is 49.7 Å². The van der Waals surface area contributed by atoms with Crippen LogP contribution in [0, 0.1) is 5.82 Å². The summed E-state index contributed by atoms with van der Waals surface area (Å²) >= 11 is 0. The summed E-state index contributed by atoms with van der Waals surface area (Å²) in [7, 11) is -1.93. The Kier molecular flexibility index (Phi) is 5.27. The van der Waals surface area contributed by atoms with Crippen LogP contribution in [-0.4, -0.2) is 36.1 Å². The van der Waals surface area contributed by atoms with E-state index in [1.807, 2.05) is 0 Å². The summed E-state index contributed by atoms with van der Waals surface area (Å²) in [4.78, 5) is 0. The van der Waals surface area contributed by atoms with Gasteiger partial charge in [0.15, 0.2) is 0 Å². The molecule has 0 saturated heterocycles. The Morgan fingerprint density at radius 1 is 1.21 bits per heavy atom. The highest BCUT2D eigenvalue weighted by molar-refractivity contribution is 6.58. The summed E-state index contributed by atoms with van der Waals surface area (Å²) in [5.41, 5.74) is -0.174. The minimum absolute atomic E-state index is 0.0215. The molecule has 9 heteroatoms. The van der Waals surface area contributed by atoms with Crippen molar-refractivity contribution in [1.82, 2.24) is 0 Å². The Bertz CT molecular complexity index is 428. The second-order valence-corrected chi connectivity index (χ2v) is 3.82. The average molecular weight is 284 g/mol. The number of benzene rings is 1. The van der Waals surface area contributed by atoms with Gasteiger partial charge in [-0.25, -0.2) is 13.2 Å². The van der Waals surface area contributed by atoms with Gasteiger partial charge < -0.3 is 14.8 Å². The third-order valence-electron chi connectivity index (χ3n) is 2.16.